The lowest BCUT2D eigenvalue weighted by molar-refractivity contribution is -0.480. The first kappa shape index (κ1) is 117. The van der Waals surface area contributed by atoms with Crippen LogP contribution in [0.1, 0.15) is 0 Å². The Morgan fingerprint density at radius 3 is 0.424 bits per heavy atom. The van der Waals surface area contributed by atoms with Crippen LogP contribution in [0.15, 0.2) is 110 Å². The summed E-state index contributed by atoms with van der Waals surface area (Å²) in [6, 6.07) is 25.7. The summed E-state index contributed by atoms with van der Waals surface area (Å²) in [5.41, 5.74) is 7.74. The van der Waals surface area contributed by atoms with Gasteiger partial charge in [-0.1, -0.05) is 0 Å². The molecule has 0 aliphatic heterocycles. The maximum Gasteiger partial charge on any atom is 0.472 e. The number of pyridine rings is 6. The van der Waals surface area contributed by atoms with E-state index in [1.807, 2.05) is 299 Å². The molecule has 72 heteroatoms. The molecule has 54 nitrogen and oxygen atoms in total. The summed E-state index contributed by atoms with van der Waals surface area (Å²) >= 11 is 0. The van der Waals surface area contributed by atoms with Crippen molar-refractivity contribution in [3.8, 4) is 0 Å². The minimum atomic E-state index is -5.89. The second-order valence-corrected chi connectivity index (χ2v) is 31.3. The maximum atomic E-state index is 10.0. The third kappa shape index (κ3) is 49.3. The van der Waals surface area contributed by atoms with Crippen LogP contribution in [0.2, 0.25) is 0 Å². The quantitative estimate of drug-likeness (QED) is 0.0635. The molecule has 0 saturated carbocycles. The zero-order valence-electron chi connectivity index (χ0n) is 74.1. The fourth-order valence-corrected chi connectivity index (χ4v) is 8.68. The van der Waals surface area contributed by atoms with Crippen molar-refractivity contribution in [1.82, 2.24) is 150 Å². The Bertz CT molecular complexity index is 5150. The van der Waals surface area contributed by atoms with Crippen LogP contribution in [0.3, 0.4) is 0 Å². The van der Waals surface area contributed by atoms with Crippen molar-refractivity contribution in [2.24, 2.45) is 0 Å². The number of hydrogen-bond acceptors (Lipinski definition) is 36. The molecular weight excluding hydrogens is 1930 g/mol. The highest BCUT2D eigenvalue weighted by Gasteiger charge is 2.25. The molecule has 12 aromatic rings. The molecule has 12 heterocycles. The Morgan fingerprint density at radius 2 is 0.341 bits per heavy atom. The van der Waals surface area contributed by atoms with Gasteiger partial charge in [0.25, 0.3) is 0 Å². The molecule has 12 aromatic heterocycles. The second-order valence-electron chi connectivity index (χ2n) is 26.3. The zero-order valence-corrected chi connectivity index (χ0v) is 79.4. The summed E-state index contributed by atoms with van der Waals surface area (Å²) in [6.07, 6.45) is 10.1. The Kier molecular flexibility index (Phi) is 48.1. The molecule has 0 aliphatic rings. The monoisotopic (exact) mass is 2020 g/mol. The first-order valence-electron chi connectivity index (χ1n) is 35.2. The van der Waals surface area contributed by atoms with Crippen molar-refractivity contribution in [3.63, 3.8) is 0 Å². The molecule has 0 aromatic carbocycles. The Morgan fingerprint density at radius 1 is 0.242 bits per heavy atom. The minimum absolute atomic E-state index is 0.591. The van der Waals surface area contributed by atoms with Crippen molar-refractivity contribution in [3.05, 3.63) is 110 Å². The largest absolute Gasteiger partial charge is 0.749 e. The topological polar surface area (TPSA) is 595 Å². The Balaban J connectivity index is 0.000000745. The average molecular weight is 2020 g/mol. The number of nitrogens with zero attached hydrogens (tertiary/aromatic N) is 36. The summed E-state index contributed by atoms with van der Waals surface area (Å²) in [5.74, 6) is 0. The minimum Gasteiger partial charge on any atom is -0.749 e. The number of fused-ring (bicyclic) bond motifs is 6. The van der Waals surface area contributed by atoms with Gasteiger partial charge in [-0.05, 0) is 133 Å². The van der Waals surface area contributed by atoms with Gasteiger partial charge in [0.1, 0.15) is 33.1 Å². The van der Waals surface area contributed by atoms with Crippen LogP contribution in [-0.2, 0) is 27.4 Å². The van der Waals surface area contributed by atoms with Crippen molar-refractivity contribution in [2.45, 2.75) is 0 Å². The van der Waals surface area contributed by atoms with Gasteiger partial charge in [0.05, 0.1) is 169 Å². The van der Waals surface area contributed by atoms with Crippen molar-refractivity contribution < 1.29 is 164 Å². The molecule has 0 N–H and O–H groups in total. The number of hydrogen-bond donors (Lipinski definition) is 0. The van der Waals surface area contributed by atoms with Crippen LogP contribution < -0.4 is 58.4 Å². The van der Waals surface area contributed by atoms with Gasteiger partial charge in [0.2, 0.25) is 33.9 Å². The van der Waals surface area contributed by atoms with Gasteiger partial charge in [-0.15, -0.1) is 30.6 Å². The molecule has 0 spiro atoms. The maximum absolute atomic E-state index is 10.0. The van der Waals surface area contributed by atoms with E-state index < -0.39 is 47.9 Å². The predicted molar refractivity (Wildman–Crippen MR) is 435 cm³/mol. The summed E-state index contributed by atoms with van der Waals surface area (Å²) in [4.78, 5) is 128. The summed E-state index contributed by atoms with van der Waals surface area (Å²) in [7, 11) is 10.0. The summed E-state index contributed by atoms with van der Waals surface area (Å²) in [5, 5.41) is 47.2. The normalized spacial score (nSPS) is 10.7. The van der Waals surface area contributed by atoms with Crippen LogP contribution in [-0.4, -0.2) is 383 Å². The molecule has 0 saturated heterocycles. The molecule has 12 rings (SSSR count). The number of amidine groups is 6. The van der Waals surface area contributed by atoms with Gasteiger partial charge in [0.15, 0.2) is 0 Å². The summed E-state index contributed by atoms with van der Waals surface area (Å²) in [6.45, 7) is 0. The first-order chi connectivity index (χ1) is 60.6. The van der Waals surface area contributed by atoms with Gasteiger partial charge in [-0.2, -0.15) is 50.4 Å². The fourth-order valence-electron chi connectivity index (χ4n) is 8.68. The van der Waals surface area contributed by atoms with E-state index in [0.717, 1.165) is 0 Å². The Hall–Kier alpha value is -12.8. The zero-order chi connectivity index (χ0) is 101. The van der Waals surface area contributed by atoms with E-state index in [4.69, 9.17) is 85.8 Å². The van der Waals surface area contributed by atoms with Gasteiger partial charge >= 0.3 is 84.1 Å². The lowest BCUT2D eigenvalue weighted by Crippen LogP contribution is -2.39. The smallest absolute Gasteiger partial charge is 0.472 e. The van der Waals surface area contributed by atoms with E-state index in [-0.39, 0.29) is 0 Å². The molecular formula is C60H90F12N36O18P6. The van der Waals surface area contributed by atoms with E-state index in [0.29, 0.717) is 103 Å². The van der Waals surface area contributed by atoms with E-state index >= 15 is 0 Å². The molecule has 732 valence electrons. The third-order valence-electron chi connectivity index (χ3n) is 12.7. The standard InChI is InChI=1S/6C10H15N6O.6F2HO2P/c6*1-14(2)10(15(3)4)17-16-9-8(12-13-16)6-5-7-11-9;6*1-5(2,3)4/h6*5-7H,1-4H3;6*(H,3,4)/q6*+1;;;;;;/p-6. The molecule has 0 radical (unpaired) electrons. The summed E-state index contributed by atoms with van der Waals surface area (Å²) < 4.78 is 181. The highest BCUT2D eigenvalue weighted by atomic mass is 31.2. The first-order valence-corrected chi connectivity index (χ1v) is 43.6. The Labute approximate surface area is 741 Å². The molecule has 0 amide bonds. The van der Waals surface area contributed by atoms with Crippen LogP contribution in [0.4, 0.5) is 50.4 Å². The highest BCUT2D eigenvalue weighted by Crippen LogP contribution is 2.40. The van der Waals surface area contributed by atoms with E-state index in [9.17, 15) is 50.4 Å². The lowest BCUT2D eigenvalue weighted by atomic mass is 10.4. The SMILES string of the molecule is CN(C)C(On1nnc2cccnc21)=[N+](C)C.CN(C)C(On1nnc2cccnc21)=[N+](C)C.CN(C)C(On1nnc2cccnc21)=[N+](C)C.CN(C)C(On1nnc2cccnc21)=[N+](C)C.CN(C)C(On1nnc2cccnc21)=[N+](C)C.CN(C)C(On1nnc2cccnc21)=[N+](C)C.O=P([O-])(F)F.O=P([O-])(F)F.O=P([O-])(F)F.O=P([O-])(F)F.O=P([O-])(F)F.O=P([O-])(F)F. The van der Waals surface area contributed by atoms with E-state index in [1.54, 1.807) is 37.2 Å². The van der Waals surface area contributed by atoms with Crippen LogP contribution in [0.25, 0.3) is 67.0 Å². The van der Waals surface area contributed by atoms with Crippen LogP contribution in [0.5, 0.6) is 0 Å². The molecule has 0 aliphatic carbocycles. The average Bonchev–Trinajstić information content (AvgIpc) is 1.71. The third-order valence-corrected chi connectivity index (χ3v) is 12.7. The second kappa shape index (κ2) is 54.1. The van der Waals surface area contributed by atoms with Crippen molar-refractivity contribution in [2.75, 3.05) is 169 Å². The fraction of sp³-hybridized carbons (Fsp3) is 0.400. The number of rotatable bonds is 6. The number of halogens is 12. The lowest BCUT2D eigenvalue weighted by Gasteiger charge is -2.09. The van der Waals surface area contributed by atoms with E-state index in [1.165, 1.54) is 29.1 Å². The van der Waals surface area contributed by atoms with Gasteiger partial charge in [0, 0.05) is 37.2 Å². The van der Waals surface area contributed by atoms with Crippen molar-refractivity contribution in [1.29, 1.82) is 0 Å². The van der Waals surface area contributed by atoms with E-state index in [2.05, 4.69) is 91.8 Å². The highest BCUT2D eigenvalue weighted by molar-refractivity contribution is 7.46. The molecule has 0 atom stereocenters. The van der Waals surface area contributed by atoms with Crippen LogP contribution >= 0.6 is 47.9 Å². The molecule has 0 bridgehead atoms. The van der Waals surface area contributed by atoms with Gasteiger partial charge < -0.3 is 29.4 Å². The molecule has 0 unspecified atom stereocenters. The number of aromatic nitrogens is 24. The molecule has 132 heavy (non-hydrogen) atoms. The van der Waals surface area contributed by atoms with Crippen molar-refractivity contribution >= 4 is 151 Å². The van der Waals surface area contributed by atoms with Crippen LogP contribution in [0, 0.1) is 0 Å². The predicted octanol–water partition coefficient (Wildman–Crippen LogP) is -0.970. The molecule has 0 fully saturated rings. The van der Waals surface area contributed by atoms with Gasteiger partial charge in [-0.3, -0.25) is 56.4 Å². The van der Waals surface area contributed by atoms with Gasteiger partial charge in [-0.25, -0.2) is 86.8 Å².